The van der Waals surface area contributed by atoms with E-state index in [1.54, 1.807) is 11.8 Å². The van der Waals surface area contributed by atoms with Crippen molar-refractivity contribution in [2.24, 2.45) is 5.41 Å². The van der Waals surface area contributed by atoms with Crippen LogP contribution in [0.4, 0.5) is 0 Å². The van der Waals surface area contributed by atoms with Crippen LogP contribution >= 0.6 is 22.9 Å². The van der Waals surface area contributed by atoms with Gasteiger partial charge >= 0.3 is 0 Å². The van der Waals surface area contributed by atoms with Crippen LogP contribution < -0.4 is 5.32 Å². The zero-order valence-corrected chi connectivity index (χ0v) is 14.5. The summed E-state index contributed by atoms with van der Waals surface area (Å²) in [5, 5.41) is 2.84. The lowest BCUT2D eigenvalue weighted by Gasteiger charge is -2.44. The molecule has 3 atom stereocenters. The summed E-state index contributed by atoms with van der Waals surface area (Å²) in [5.74, 6) is -0.143. The minimum absolute atomic E-state index is 0.0355. The highest BCUT2D eigenvalue weighted by molar-refractivity contribution is 7.16. The summed E-state index contributed by atoms with van der Waals surface area (Å²) in [4.78, 5) is 27.7. The van der Waals surface area contributed by atoms with Gasteiger partial charge in [-0.15, -0.1) is 11.3 Å². The smallest absolute Gasteiger partial charge is 0.246 e. The van der Waals surface area contributed by atoms with Gasteiger partial charge in [0.1, 0.15) is 12.1 Å². The van der Waals surface area contributed by atoms with Gasteiger partial charge in [0.15, 0.2) is 0 Å². The number of piperazine rings is 1. The molecule has 0 radical (unpaired) electrons. The Morgan fingerprint density at radius 1 is 1.33 bits per heavy atom. The summed E-state index contributed by atoms with van der Waals surface area (Å²) in [6.07, 6.45) is 0. The summed E-state index contributed by atoms with van der Waals surface area (Å²) in [7, 11) is 0. The molecule has 0 aliphatic carbocycles. The fraction of sp³-hybridized carbons (Fsp3) is 0.600. The summed E-state index contributed by atoms with van der Waals surface area (Å²) in [6.45, 7) is 9.57. The first-order chi connectivity index (χ1) is 9.62. The first-order valence-corrected chi connectivity index (χ1v) is 8.20. The molecule has 0 spiro atoms. The first-order valence-electron chi connectivity index (χ1n) is 7.00. The van der Waals surface area contributed by atoms with Crippen LogP contribution in [0.2, 0.25) is 4.34 Å². The maximum atomic E-state index is 12.8. The minimum Gasteiger partial charge on any atom is -0.342 e. The van der Waals surface area contributed by atoms with Crippen molar-refractivity contribution < 1.29 is 9.59 Å². The topological polar surface area (TPSA) is 49.4 Å². The molecule has 0 aromatic carbocycles. The lowest BCUT2D eigenvalue weighted by atomic mass is 9.83. The third kappa shape index (κ3) is 3.09. The molecular formula is C15H21ClN2O2S. The molecule has 1 aliphatic heterocycles. The van der Waals surface area contributed by atoms with E-state index in [9.17, 15) is 9.59 Å². The maximum Gasteiger partial charge on any atom is 0.246 e. The monoisotopic (exact) mass is 328 g/mol. The van der Waals surface area contributed by atoms with Crippen LogP contribution in [0.5, 0.6) is 0 Å². The normalized spacial score (nSPS) is 25.0. The Kier molecular flexibility index (Phi) is 4.36. The summed E-state index contributed by atoms with van der Waals surface area (Å²) >= 11 is 7.43. The SMILES string of the molecule is CC1C(=O)NC(C(C)(C)C)C(=O)N1C(C)c1ccc(Cl)s1. The average molecular weight is 329 g/mol. The molecule has 1 aromatic heterocycles. The van der Waals surface area contributed by atoms with Gasteiger partial charge in [-0.05, 0) is 31.4 Å². The Balaban J connectivity index is 2.35. The number of amides is 2. The Morgan fingerprint density at radius 3 is 2.43 bits per heavy atom. The molecule has 6 heteroatoms. The number of nitrogens with zero attached hydrogens (tertiary/aromatic N) is 1. The number of hydrogen-bond acceptors (Lipinski definition) is 3. The zero-order valence-electron chi connectivity index (χ0n) is 12.9. The van der Waals surface area contributed by atoms with Gasteiger partial charge in [-0.25, -0.2) is 0 Å². The molecular weight excluding hydrogens is 308 g/mol. The van der Waals surface area contributed by atoms with E-state index in [1.807, 2.05) is 39.8 Å². The summed E-state index contributed by atoms with van der Waals surface area (Å²) in [5.41, 5.74) is -0.321. The predicted octanol–water partition coefficient (Wildman–Crippen LogP) is 3.22. The average Bonchev–Trinajstić information content (AvgIpc) is 2.79. The highest BCUT2D eigenvalue weighted by Gasteiger charge is 2.45. The molecule has 116 valence electrons. The van der Waals surface area contributed by atoms with Crippen LogP contribution in [0, 0.1) is 5.41 Å². The van der Waals surface area contributed by atoms with E-state index in [4.69, 9.17) is 11.6 Å². The van der Waals surface area contributed by atoms with E-state index >= 15 is 0 Å². The Hall–Kier alpha value is -1.07. The van der Waals surface area contributed by atoms with E-state index in [0.29, 0.717) is 4.34 Å². The Bertz CT molecular complexity index is 564. The van der Waals surface area contributed by atoms with E-state index in [0.717, 1.165) is 4.88 Å². The van der Waals surface area contributed by atoms with Crippen molar-refractivity contribution in [2.45, 2.75) is 52.7 Å². The predicted molar refractivity (Wildman–Crippen MR) is 85.4 cm³/mol. The highest BCUT2D eigenvalue weighted by atomic mass is 35.5. The summed E-state index contributed by atoms with van der Waals surface area (Å²) in [6, 6.07) is 2.58. The summed E-state index contributed by atoms with van der Waals surface area (Å²) < 4.78 is 0.686. The van der Waals surface area contributed by atoms with E-state index in [1.165, 1.54) is 11.3 Å². The zero-order chi connectivity index (χ0) is 15.9. The van der Waals surface area contributed by atoms with Gasteiger partial charge in [0, 0.05) is 4.88 Å². The molecule has 0 bridgehead atoms. The number of carbonyl (C=O) groups excluding carboxylic acids is 2. The second-order valence-corrected chi connectivity index (χ2v) is 8.29. The van der Waals surface area contributed by atoms with Crippen LogP contribution in [-0.4, -0.2) is 28.8 Å². The molecule has 4 nitrogen and oxygen atoms in total. The number of hydrogen-bond donors (Lipinski definition) is 1. The fourth-order valence-corrected chi connectivity index (χ4v) is 3.71. The van der Waals surface area contributed by atoms with Crippen LogP contribution in [0.1, 0.15) is 45.5 Å². The molecule has 1 saturated heterocycles. The van der Waals surface area contributed by atoms with Crippen molar-refractivity contribution in [1.82, 2.24) is 10.2 Å². The highest BCUT2D eigenvalue weighted by Crippen LogP contribution is 2.34. The van der Waals surface area contributed by atoms with Gasteiger partial charge in [-0.3, -0.25) is 9.59 Å². The molecule has 2 rings (SSSR count). The lowest BCUT2D eigenvalue weighted by molar-refractivity contribution is -0.154. The van der Waals surface area contributed by atoms with Crippen LogP contribution in [0.15, 0.2) is 12.1 Å². The van der Waals surface area contributed by atoms with Crippen LogP contribution in [-0.2, 0) is 9.59 Å². The van der Waals surface area contributed by atoms with Crippen LogP contribution in [0.3, 0.4) is 0 Å². The Labute approximate surface area is 134 Å². The van der Waals surface area contributed by atoms with Gasteiger partial charge in [0.2, 0.25) is 11.8 Å². The molecule has 1 fully saturated rings. The van der Waals surface area contributed by atoms with Crippen molar-refractivity contribution in [3.8, 4) is 0 Å². The molecule has 1 N–H and O–H groups in total. The number of nitrogens with one attached hydrogen (secondary N) is 1. The van der Waals surface area contributed by atoms with Crippen molar-refractivity contribution in [1.29, 1.82) is 0 Å². The van der Waals surface area contributed by atoms with Crippen molar-refractivity contribution in [2.75, 3.05) is 0 Å². The van der Waals surface area contributed by atoms with Gasteiger partial charge < -0.3 is 10.2 Å². The molecule has 1 aliphatic rings. The third-order valence-corrected chi connectivity index (χ3v) is 5.28. The van der Waals surface area contributed by atoms with E-state index in [2.05, 4.69) is 5.32 Å². The largest absolute Gasteiger partial charge is 0.342 e. The van der Waals surface area contributed by atoms with Crippen molar-refractivity contribution >= 4 is 34.8 Å². The molecule has 0 saturated carbocycles. The second-order valence-electron chi connectivity index (χ2n) is 6.55. The van der Waals surface area contributed by atoms with Crippen molar-refractivity contribution in [3.63, 3.8) is 0 Å². The fourth-order valence-electron chi connectivity index (χ4n) is 2.59. The molecule has 2 amide bonds. The molecule has 2 heterocycles. The standard InChI is InChI=1S/C15H21ClN2O2S/c1-8(10-6-7-11(16)21-10)18-9(2)13(19)17-12(14(18)20)15(3,4)5/h6-9,12H,1-5H3,(H,17,19). The number of thiophene rings is 1. The number of halogens is 1. The number of rotatable bonds is 2. The van der Waals surface area contributed by atoms with E-state index < -0.39 is 12.1 Å². The molecule has 3 unspecified atom stereocenters. The van der Waals surface area contributed by atoms with Crippen molar-refractivity contribution in [3.05, 3.63) is 21.3 Å². The second kappa shape index (κ2) is 5.61. The van der Waals surface area contributed by atoms with E-state index in [-0.39, 0.29) is 23.3 Å². The Morgan fingerprint density at radius 2 is 1.95 bits per heavy atom. The minimum atomic E-state index is -0.501. The number of carbonyl (C=O) groups is 2. The quantitative estimate of drug-likeness (QED) is 0.906. The third-order valence-electron chi connectivity index (χ3n) is 3.87. The molecule has 1 aromatic rings. The lowest BCUT2D eigenvalue weighted by Crippen LogP contribution is -2.66. The van der Waals surface area contributed by atoms with Gasteiger partial charge in [0.05, 0.1) is 10.4 Å². The van der Waals surface area contributed by atoms with Crippen LogP contribution in [0.25, 0.3) is 0 Å². The first kappa shape index (κ1) is 16.3. The van der Waals surface area contributed by atoms with Gasteiger partial charge in [-0.2, -0.15) is 0 Å². The van der Waals surface area contributed by atoms with Gasteiger partial charge in [-0.1, -0.05) is 32.4 Å². The maximum absolute atomic E-state index is 12.8. The van der Waals surface area contributed by atoms with Gasteiger partial charge in [0.25, 0.3) is 0 Å². The molecule has 21 heavy (non-hydrogen) atoms.